The molecule has 0 amide bonds. The van der Waals surface area contributed by atoms with E-state index < -0.39 is 0 Å². The summed E-state index contributed by atoms with van der Waals surface area (Å²) in [4.78, 5) is 0. The van der Waals surface area contributed by atoms with Gasteiger partial charge in [0.2, 0.25) is 0 Å². The molecule has 0 heterocycles. The van der Waals surface area contributed by atoms with Gasteiger partial charge in [-0.1, -0.05) is 0 Å². The van der Waals surface area contributed by atoms with Gasteiger partial charge in [0.25, 0.3) is 0 Å². The first-order valence-corrected chi connectivity index (χ1v) is 9.55. The molecule has 76 valence electrons. The summed E-state index contributed by atoms with van der Waals surface area (Å²) in [7, 11) is 0. The van der Waals surface area contributed by atoms with Crippen LogP contribution in [0.25, 0.3) is 0 Å². The maximum absolute atomic E-state index is 5.66. The third kappa shape index (κ3) is 13.1. The van der Waals surface area contributed by atoms with Crippen molar-refractivity contribution >= 4 is 53.1 Å². The molecule has 0 aromatic rings. The monoisotopic (exact) mass is 352 g/mol. The van der Waals surface area contributed by atoms with Crippen LogP contribution in [0.1, 0.15) is 6.42 Å². The van der Waals surface area contributed by atoms with Crippen LogP contribution in [0.4, 0.5) is 0 Å². The first-order chi connectivity index (χ1) is 6.13. The molecule has 13 heavy (non-hydrogen) atoms. The van der Waals surface area contributed by atoms with E-state index in [4.69, 9.17) is 23.2 Å². The van der Waals surface area contributed by atoms with Crippen LogP contribution in [0, 0.1) is 0 Å². The topological polar surface area (TPSA) is 0 Å². The zero-order chi connectivity index (χ0) is 10.1. The second-order valence-corrected chi connectivity index (χ2v) is 8.20. The Kier molecular flexibility index (Phi) is 10.5. The van der Waals surface area contributed by atoms with Crippen molar-refractivity contribution in [2.75, 3.05) is 0 Å². The van der Waals surface area contributed by atoms with Crippen molar-refractivity contribution in [1.82, 2.24) is 0 Å². The molecule has 0 bridgehead atoms. The Labute approximate surface area is 103 Å². The van der Waals surface area contributed by atoms with Crippen molar-refractivity contribution in [3.05, 3.63) is 23.2 Å². The van der Waals surface area contributed by atoms with Gasteiger partial charge in [0, 0.05) is 0 Å². The fourth-order valence-corrected chi connectivity index (χ4v) is 5.35. The van der Waals surface area contributed by atoms with Gasteiger partial charge in [-0.25, -0.2) is 0 Å². The fraction of sp³-hybridized carbons (Fsp3) is 0.556. The second-order valence-electron chi connectivity index (χ2n) is 2.49. The molecule has 0 aliphatic carbocycles. The van der Waals surface area contributed by atoms with Crippen LogP contribution in [-0.4, -0.2) is 29.9 Å². The van der Waals surface area contributed by atoms with Crippen molar-refractivity contribution < 1.29 is 0 Å². The summed E-state index contributed by atoms with van der Waals surface area (Å²) < 4.78 is 0. The van der Waals surface area contributed by atoms with Crippen LogP contribution >= 0.6 is 23.2 Å². The molecule has 0 aliphatic rings. The Hall–Kier alpha value is 1.10. The predicted molar refractivity (Wildman–Crippen MR) is 65.3 cm³/mol. The van der Waals surface area contributed by atoms with E-state index in [0.717, 1.165) is 20.7 Å². The van der Waals surface area contributed by atoms with E-state index >= 15 is 0 Å². The van der Waals surface area contributed by atoms with Crippen LogP contribution in [0.2, 0.25) is 21.3 Å². The first kappa shape index (κ1) is 14.1. The molecular formula is C9H14Cl2Se2. The van der Waals surface area contributed by atoms with Gasteiger partial charge >= 0.3 is 104 Å². The molecule has 4 heteroatoms. The van der Waals surface area contributed by atoms with Gasteiger partial charge in [0.1, 0.15) is 0 Å². The Morgan fingerprint density at radius 2 is 1.31 bits per heavy atom. The van der Waals surface area contributed by atoms with Gasteiger partial charge in [0.15, 0.2) is 0 Å². The molecule has 0 fully saturated rings. The Balaban J connectivity index is 3.00. The third-order valence-electron chi connectivity index (χ3n) is 1.09. The standard InChI is InChI=1S/C9H14Cl2Se2/c1-8(10)6-12-4-3-5-13-7-9(2)11/h1-7H2. The van der Waals surface area contributed by atoms with Crippen molar-refractivity contribution in [3.8, 4) is 0 Å². The van der Waals surface area contributed by atoms with Gasteiger partial charge in [-0.05, 0) is 0 Å². The third-order valence-corrected chi connectivity index (χ3v) is 6.82. The average molecular weight is 351 g/mol. The van der Waals surface area contributed by atoms with E-state index in [9.17, 15) is 0 Å². The van der Waals surface area contributed by atoms with E-state index in [1.54, 1.807) is 0 Å². The van der Waals surface area contributed by atoms with Crippen molar-refractivity contribution in [2.24, 2.45) is 0 Å². The van der Waals surface area contributed by atoms with E-state index in [1.165, 1.54) is 17.1 Å². The molecular weight excluding hydrogens is 337 g/mol. The zero-order valence-corrected chi connectivity index (χ0v) is 12.5. The molecule has 0 saturated heterocycles. The van der Waals surface area contributed by atoms with Crippen LogP contribution < -0.4 is 0 Å². The minimum absolute atomic E-state index is 0.660. The summed E-state index contributed by atoms with van der Waals surface area (Å²) in [6.07, 6.45) is 1.31. The summed E-state index contributed by atoms with van der Waals surface area (Å²) >= 11 is 12.6. The molecule has 0 aromatic carbocycles. The average Bonchev–Trinajstić information content (AvgIpc) is 2.01. The molecule has 0 aliphatic heterocycles. The molecule has 0 nitrogen and oxygen atoms in total. The molecule has 0 atom stereocenters. The molecule has 0 radical (unpaired) electrons. The molecule has 0 N–H and O–H groups in total. The van der Waals surface area contributed by atoms with E-state index in [0.29, 0.717) is 29.9 Å². The van der Waals surface area contributed by atoms with E-state index in [1.807, 2.05) is 0 Å². The van der Waals surface area contributed by atoms with Crippen LogP contribution in [0.15, 0.2) is 23.2 Å². The Bertz CT molecular complexity index is 151. The minimum atomic E-state index is 0.660. The number of hydrogen-bond donors (Lipinski definition) is 0. The SMILES string of the molecule is C=C(Cl)C[Se]CCC[Se]CC(=C)Cl. The van der Waals surface area contributed by atoms with Crippen molar-refractivity contribution in [2.45, 2.75) is 27.7 Å². The molecule has 0 unspecified atom stereocenters. The number of allylic oxidation sites excluding steroid dienone is 2. The number of rotatable bonds is 8. The van der Waals surface area contributed by atoms with Gasteiger partial charge in [0.05, 0.1) is 0 Å². The molecule has 0 aromatic heterocycles. The fourth-order valence-electron chi connectivity index (χ4n) is 0.629. The number of halogens is 2. The normalized spacial score (nSPS) is 10.0. The first-order valence-electron chi connectivity index (χ1n) is 3.95. The van der Waals surface area contributed by atoms with Gasteiger partial charge in [-0.2, -0.15) is 0 Å². The van der Waals surface area contributed by atoms with Crippen molar-refractivity contribution in [1.29, 1.82) is 0 Å². The summed E-state index contributed by atoms with van der Waals surface area (Å²) in [5.41, 5.74) is 0. The predicted octanol–water partition coefficient (Wildman–Crippen LogP) is 3.96. The molecule has 0 saturated carbocycles. The van der Waals surface area contributed by atoms with Crippen LogP contribution in [0.3, 0.4) is 0 Å². The van der Waals surface area contributed by atoms with E-state index in [2.05, 4.69) is 13.2 Å². The summed E-state index contributed by atoms with van der Waals surface area (Å²) in [5, 5.41) is 6.28. The second kappa shape index (κ2) is 9.65. The van der Waals surface area contributed by atoms with Crippen molar-refractivity contribution in [3.63, 3.8) is 0 Å². The number of hydrogen-bond acceptors (Lipinski definition) is 0. The summed E-state index contributed by atoms with van der Waals surface area (Å²) in [6, 6.07) is 0. The van der Waals surface area contributed by atoms with Gasteiger partial charge in [-0.15, -0.1) is 0 Å². The molecule has 0 rings (SSSR count). The van der Waals surface area contributed by atoms with Crippen LogP contribution in [-0.2, 0) is 0 Å². The quantitative estimate of drug-likeness (QED) is 0.459. The zero-order valence-electron chi connectivity index (χ0n) is 7.52. The summed E-state index contributed by atoms with van der Waals surface area (Å²) in [6.45, 7) is 7.34. The van der Waals surface area contributed by atoms with E-state index in [-0.39, 0.29) is 0 Å². The maximum atomic E-state index is 5.66. The van der Waals surface area contributed by atoms with Gasteiger partial charge < -0.3 is 0 Å². The van der Waals surface area contributed by atoms with Gasteiger partial charge in [-0.3, -0.25) is 0 Å². The summed E-state index contributed by atoms with van der Waals surface area (Å²) in [5.74, 6) is 0. The molecule has 0 spiro atoms. The Morgan fingerprint density at radius 1 is 0.923 bits per heavy atom. The van der Waals surface area contributed by atoms with Crippen LogP contribution in [0.5, 0.6) is 0 Å². The Morgan fingerprint density at radius 3 is 1.62 bits per heavy atom.